The fraction of sp³-hybridized carbons (Fsp3) is 0.192. The first-order valence-corrected chi connectivity index (χ1v) is 10.7. The number of benzene rings is 2. The number of hydrogen-bond acceptors (Lipinski definition) is 5. The second kappa shape index (κ2) is 10.2. The van der Waals surface area contributed by atoms with E-state index in [-0.39, 0.29) is 12.6 Å². The van der Waals surface area contributed by atoms with E-state index in [2.05, 4.69) is 4.98 Å². The second-order valence-electron chi connectivity index (χ2n) is 7.82. The summed E-state index contributed by atoms with van der Waals surface area (Å²) in [6.45, 7) is 0.481. The molecule has 1 aliphatic rings. The Morgan fingerprint density at radius 2 is 1.82 bits per heavy atom. The predicted molar refractivity (Wildman–Crippen MR) is 131 cm³/mol. The van der Waals surface area contributed by atoms with Gasteiger partial charge in [0.2, 0.25) is 12.4 Å². The Hall–Kier alpha value is -4.17. The third kappa shape index (κ3) is 4.77. The smallest absolute Gasteiger partial charge is 0.259 e. The van der Waals surface area contributed by atoms with Gasteiger partial charge >= 0.3 is 0 Å². The minimum Gasteiger partial charge on any atom is -0.497 e. The van der Waals surface area contributed by atoms with E-state index in [4.69, 9.17) is 9.47 Å². The Labute approximate surface area is 198 Å². The zero-order chi connectivity index (χ0) is 24.1. The van der Waals surface area contributed by atoms with Crippen molar-refractivity contribution in [2.24, 2.45) is 0 Å². The molecule has 0 unspecified atom stereocenters. The van der Waals surface area contributed by atoms with Crippen molar-refractivity contribution < 1.29 is 19.1 Å². The topological polar surface area (TPSA) is 76.9 Å². The number of amides is 2. The van der Waals surface area contributed by atoms with Gasteiger partial charge in [-0.25, -0.2) is 4.98 Å². The van der Waals surface area contributed by atoms with Crippen LogP contribution in [-0.2, 0) is 27.7 Å². The Bertz CT molecular complexity index is 1230. The van der Waals surface area contributed by atoms with Crippen LogP contribution < -0.4 is 9.64 Å². The fourth-order valence-electron chi connectivity index (χ4n) is 3.66. The van der Waals surface area contributed by atoms with Gasteiger partial charge in [0.25, 0.3) is 5.91 Å². The minimum atomic E-state index is -0.199. The van der Waals surface area contributed by atoms with E-state index in [0.717, 1.165) is 16.9 Å². The summed E-state index contributed by atoms with van der Waals surface area (Å²) in [7, 11) is 4.92. The average molecular weight is 459 g/mol. The van der Waals surface area contributed by atoms with Crippen LogP contribution in [0.3, 0.4) is 0 Å². The van der Waals surface area contributed by atoms with Gasteiger partial charge in [-0.2, -0.15) is 0 Å². The number of ether oxygens (including phenoxy) is 2. The molecule has 1 aromatic heterocycles. The molecule has 174 valence electrons. The van der Waals surface area contributed by atoms with Gasteiger partial charge in [-0.15, -0.1) is 0 Å². The van der Waals surface area contributed by atoms with Crippen molar-refractivity contribution in [2.45, 2.75) is 13.3 Å². The van der Waals surface area contributed by atoms with Gasteiger partial charge in [-0.05, 0) is 35.4 Å². The molecule has 0 N–H and O–H groups in total. The summed E-state index contributed by atoms with van der Waals surface area (Å²) in [5.74, 6) is 0.911. The van der Waals surface area contributed by atoms with Gasteiger partial charge in [0.05, 0.1) is 30.7 Å². The molecular weight excluding hydrogens is 432 g/mol. The summed E-state index contributed by atoms with van der Waals surface area (Å²) < 4.78 is 13.0. The number of imidazole rings is 1. The van der Waals surface area contributed by atoms with Crippen LogP contribution in [0.4, 0.5) is 5.95 Å². The first-order chi connectivity index (χ1) is 16.5. The van der Waals surface area contributed by atoms with E-state index in [0.29, 0.717) is 35.9 Å². The van der Waals surface area contributed by atoms with Crippen LogP contribution in [0, 0.1) is 0 Å². The molecule has 4 rings (SSSR count). The molecule has 0 saturated heterocycles. The Morgan fingerprint density at radius 3 is 2.50 bits per heavy atom. The van der Waals surface area contributed by atoms with E-state index in [1.807, 2.05) is 60.7 Å². The van der Waals surface area contributed by atoms with Crippen molar-refractivity contribution in [2.75, 3.05) is 26.1 Å². The van der Waals surface area contributed by atoms with Crippen LogP contribution >= 0.6 is 0 Å². The molecule has 0 aliphatic carbocycles. The number of carbonyl (C=O) groups excluding carboxylic acids is 2. The number of rotatable bonds is 8. The molecule has 0 spiro atoms. The van der Waals surface area contributed by atoms with Crippen LogP contribution in [0.15, 0.2) is 60.8 Å². The number of methoxy groups -OCH3 is 1. The van der Waals surface area contributed by atoms with Crippen molar-refractivity contribution in [3.63, 3.8) is 0 Å². The lowest BCUT2D eigenvalue weighted by molar-refractivity contribution is -0.121. The summed E-state index contributed by atoms with van der Waals surface area (Å²) >= 11 is 0. The Balaban J connectivity index is 1.78. The minimum absolute atomic E-state index is 0.107. The van der Waals surface area contributed by atoms with Crippen LogP contribution in [0.2, 0.25) is 0 Å². The molecule has 8 heteroatoms. The Kier molecular flexibility index (Phi) is 6.89. The maximum atomic E-state index is 13.3. The van der Waals surface area contributed by atoms with Crippen LogP contribution in [0.25, 0.3) is 17.7 Å². The highest BCUT2D eigenvalue weighted by Crippen LogP contribution is 2.32. The number of carbonyl (C=O) groups is 2. The largest absolute Gasteiger partial charge is 0.497 e. The van der Waals surface area contributed by atoms with Crippen molar-refractivity contribution in [3.8, 4) is 5.75 Å². The van der Waals surface area contributed by atoms with Gasteiger partial charge in [-0.1, -0.05) is 42.5 Å². The molecule has 8 nitrogen and oxygen atoms in total. The number of likely N-dealkylation sites (N-methyl/N-ethyl adjacent to an activating group) is 1. The van der Waals surface area contributed by atoms with Crippen LogP contribution in [0.1, 0.15) is 22.5 Å². The molecule has 2 heterocycles. The zero-order valence-electron chi connectivity index (χ0n) is 19.3. The summed E-state index contributed by atoms with van der Waals surface area (Å²) in [6.07, 6.45) is 5.92. The molecule has 0 bridgehead atoms. The number of fused-ring (bicyclic) bond motifs is 1. The summed E-state index contributed by atoms with van der Waals surface area (Å²) in [5, 5.41) is 0. The third-order valence-electron chi connectivity index (χ3n) is 5.47. The summed E-state index contributed by atoms with van der Waals surface area (Å²) in [4.78, 5) is 32.5. The number of aromatic nitrogens is 2. The highest BCUT2D eigenvalue weighted by molar-refractivity contribution is 6.25. The number of hydrogen-bond donors (Lipinski definition) is 0. The van der Waals surface area contributed by atoms with Gasteiger partial charge < -0.3 is 14.4 Å². The zero-order valence-corrected chi connectivity index (χ0v) is 19.3. The van der Waals surface area contributed by atoms with E-state index in [1.165, 1.54) is 9.80 Å². The maximum Gasteiger partial charge on any atom is 0.259 e. The monoisotopic (exact) mass is 458 g/mol. The molecule has 1 aliphatic heterocycles. The fourth-order valence-corrected chi connectivity index (χ4v) is 3.66. The van der Waals surface area contributed by atoms with Crippen molar-refractivity contribution in [3.05, 3.63) is 83.3 Å². The van der Waals surface area contributed by atoms with Crippen molar-refractivity contribution in [1.29, 1.82) is 0 Å². The molecule has 0 radical (unpaired) electrons. The summed E-state index contributed by atoms with van der Waals surface area (Å²) in [5.41, 5.74) is 3.44. The lowest BCUT2D eigenvalue weighted by atomic mass is 10.1. The molecular formula is C26H26N4O4. The maximum absolute atomic E-state index is 13.3. The molecule has 3 aromatic rings. The van der Waals surface area contributed by atoms with Gasteiger partial charge in [0.15, 0.2) is 0 Å². The lowest BCUT2D eigenvalue weighted by Gasteiger charge is -2.18. The molecule has 2 amide bonds. The number of anilines is 1. The van der Waals surface area contributed by atoms with E-state index in [1.54, 1.807) is 38.0 Å². The van der Waals surface area contributed by atoms with Crippen LogP contribution in [0.5, 0.6) is 5.75 Å². The van der Waals surface area contributed by atoms with E-state index < -0.39 is 0 Å². The third-order valence-corrected chi connectivity index (χ3v) is 5.47. The molecule has 0 fully saturated rings. The van der Waals surface area contributed by atoms with Crippen LogP contribution in [-0.4, -0.2) is 48.0 Å². The SMILES string of the molecule is COc1ccc(/C=C2/C(=O)N(C)C=Cc3nc(N(C)C=O)n(COCc4ccccc4)c32)cc1. The Morgan fingerprint density at radius 1 is 1.09 bits per heavy atom. The quantitative estimate of drug-likeness (QED) is 0.381. The van der Waals surface area contributed by atoms with Gasteiger partial charge in [0, 0.05) is 20.3 Å². The molecule has 0 atom stereocenters. The van der Waals surface area contributed by atoms with Crippen molar-refractivity contribution in [1.82, 2.24) is 14.5 Å². The van der Waals surface area contributed by atoms with E-state index >= 15 is 0 Å². The molecule has 2 aromatic carbocycles. The normalized spacial score (nSPS) is 14.1. The average Bonchev–Trinajstić information content (AvgIpc) is 3.18. The standard InChI is InChI=1S/C26H26N4O4/c1-28-14-13-23-24(22(25(28)32)15-19-9-11-21(33-3)12-10-19)30(26(27-23)29(2)17-31)18-34-16-20-7-5-4-6-8-20/h4-15,17H,16,18H2,1-3H3/b22-15+. The lowest BCUT2D eigenvalue weighted by Crippen LogP contribution is -2.24. The predicted octanol–water partition coefficient (Wildman–Crippen LogP) is 3.64. The van der Waals surface area contributed by atoms with Gasteiger partial charge in [-0.3, -0.25) is 19.1 Å². The first kappa shape index (κ1) is 23.0. The van der Waals surface area contributed by atoms with Gasteiger partial charge in [0.1, 0.15) is 12.5 Å². The highest BCUT2D eigenvalue weighted by Gasteiger charge is 2.28. The van der Waals surface area contributed by atoms with E-state index in [9.17, 15) is 9.59 Å². The molecule has 0 saturated carbocycles. The van der Waals surface area contributed by atoms with Crippen molar-refractivity contribution >= 4 is 36.0 Å². The first-order valence-electron chi connectivity index (χ1n) is 10.7. The molecule has 34 heavy (non-hydrogen) atoms. The summed E-state index contributed by atoms with van der Waals surface area (Å²) in [6, 6.07) is 17.2. The highest BCUT2D eigenvalue weighted by atomic mass is 16.5. The second-order valence-corrected chi connectivity index (χ2v) is 7.82. The number of nitrogens with zero attached hydrogens (tertiary/aromatic N) is 4.